The lowest BCUT2D eigenvalue weighted by atomic mass is 9.72. The molecule has 8 nitrogen and oxygen atoms in total. The van der Waals surface area contributed by atoms with Crippen molar-refractivity contribution >= 4 is 48.4 Å². The summed E-state index contributed by atoms with van der Waals surface area (Å²) in [7, 11) is 2.22. The number of likely N-dealkylation sites (tertiary alicyclic amines) is 1. The molecule has 0 aliphatic carbocycles. The summed E-state index contributed by atoms with van der Waals surface area (Å²) in [6, 6.07) is 2.08. The van der Waals surface area contributed by atoms with Crippen molar-refractivity contribution in [3.8, 4) is 21.8 Å². The van der Waals surface area contributed by atoms with E-state index in [1.807, 2.05) is 24.8 Å². The number of rotatable bonds is 3. The van der Waals surface area contributed by atoms with Crippen molar-refractivity contribution in [2.45, 2.75) is 12.8 Å². The minimum atomic E-state index is 0.504. The number of piperidine rings is 1. The van der Waals surface area contributed by atoms with Crippen molar-refractivity contribution in [3.05, 3.63) is 30.9 Å². The molecule has 2 N–H and O–H groups in total. The van der Waals surface area contributed by atoms with E-state index in [-0.39, 0.29) is 0 Å². The summed E-state index contributed by atoms with van der Waals surface area (Å²) in [5.41, 5.74) is 4.46. The Morgan fingerprint density at radius 1 is 1.06 bits per heavy atom. The minimum Gasteiger partial charge on any atom is -0.359 e. The molecule has 10 heteroatoms. The van der Waals surface area contributed by atoms with E-state index < -0.39 is 0 Å². The van der Waals surface area contributed by atoms with Gasteiger partial charge in [-0.2, -0.15) is 5.10 Å². The lowest BCUT2D eigenvalue weighted by Gasteiger charge is -2.53. The average Bonchev–Trinajstić information content (AvgIpc) is 3.55. The zero-order chi connectivity index (χ0) is 21.3. The number of nitrogens with zero attached hydrogens (tertiary/aromatic N) is 6. The predicted octanol–water partition coefficient (Wildman–Crippen LogP) is 4.22. The van der Waals surface area contributed by atoms with E-state index in [1.54, 1.807) is 22.7 Å². The topological polar surface area (TPSA) is 89.6 Å². The van der Waals surface area contributed by atoms with Crippen LogP contribution in [0.4, 0.5) is 5.13 Å². The molecule has 5 aromatic heterocycles. The molecule has 0 aromatic carbocycles. The number of anilines is 1. The SMILES string of the molecule is CN1CCC2(CC1)CN(c1nc3sc(-c4ncc(-c5cn[nH]c5)c5cc[nH]c45)nc3s1)C2. The third-order valence-corrected chi connectivity index (χ3v) is 9.04. The van der Waals surface area contributed by atoms with Gasteiger partial charge in [-0.25, -0.2) is 9.97 Å². The second-order valence-electron chi connectivity index (χ2n) is 9.06. The Morgan fingerprint density at radius 2 is 1.91 bits per heavy atom. The molecule has 32 heavy (non-hydrogen) atoms. The molecule has 0 unspecified atom stereocenters. The fourth-order valence-corrected chi connectivity index (χ4v) is 7.06. The second-order valence-corrected chi connectivity index (χ2v) is 11.0. The fraction of sp³-hybridized carbons (Fsp3) is 0.364. The van der Waals surface area contributed by atoms with Crippen LogP contribution in [0.1, 0.15) is 12.8 Å². The molecule has 0 saturated carbocycles. The monoisotopic (exact) mass is 462 g/mol. The van der Waals surface area contributed by atoms with Gasteiger partial charge in [0.2, 0.25) is 0 Å². The van der Waals surface area contributed by atoms with Crippen molar-refractivity contribution in [1.82, 2.24) is 35.0 Å². The van der Waals surface area contributed by atoms with E-state index in [9.17, 15) is 0 Å². The molecule has 2 aliphatic heterocycles. The predicted molar refractivity (Wildman–Crippen MR) is 129 cm³/mol. The van der Waals surface area contributed by atoms with E-state index in [0.717, 1.165) is 60.6 Å². The van der Waals surface area contributed by atoms with Gasteiger partial charge in [0.05, 0.1) is 11.7 Å². The standard InChI is InChI=1S/C22H22N8S2/c1-29-6-3-22(4-7-29)11-30(12-22)21-28-20-19(32-21)27-18(31-20)17-16-14(2-5-23-16)15(10-24-17)13-8-25-26-9-13/h2,5,8-10,23H,3-4,6-7,11-12H2,1H3,(H,25,26). The van der Waals surface area contributed by atoms with Crippen molar-refractivity contribution < 1.29 is 0 Å². The highest BCUT2D eigenvalue weighted by Crippen LogP contribution is 2.45. The molecule has 162 valence electrons. The first-order valence-corrected chi connectivity index (χ1v) is 12.5. The zero-order valence-corrected chi connectivity index (χ0v) is 19.3. The summed E-state index contributed by atoms with van der Waals surface area (Å²) in [6.07, 6.45) is 10.2. The van der Waals surface area contributed by atoms with Crippen molar-refractivity contribution in [2.24, 2.45) is 5.41 Å². The molecule has 0 amide bonds. The number of fused-ring (bicyclic) bond motifs is 2. The second kappa shape index (κ2) is 6.84. The van der Waals surface area contributed by atoms with Gasteiger partial charge in [0.15, 0.2) is 14.8 Å². The van der Waals surface area contributed by atoms with Crippen LogP contribution in [0.25, 0.3) is 42.4 Å². The fourth-order valence-electron chi connectivity index (χ4n) is 5.02. The number of thiazole rings is 2. The van der Waals surface area contributed by atoms with Gasteiger partial charge in [-0.3, -0.25) is 10.1 Å². The van der Waals surface area contributed by atoms with Crippen molar-refractivity contribution in [3.63, 3.8) is 0 Å². The Balaban J connectivity index is 1.18. The van der Waals surface area contributed by atoms with Gasteiger partial charge in [-0.15, -0.1) is 0 Å². The maximum Gasteiger partial charge on any atom is 0.188 e. The van der Waals surface area contributed by atoms with Crippen LogP contribution in [0.5, 0.6) is 0 Å². The number of H-pyrrole nitrogens is 2. The number of aromatic nitrogens is 6. The molecule has 2 saturated heterocycles. The van der Waals surface area contributed by atoms with Crippen LogP contribution in [0, 0.1) is 5.41 Å². The maximum atomic E-state index is 4.94. The van der Waals surface area contributed by atoms with Gasteiger partial charge in [0.1, 0.15) is 10.7 Å². The third-order valence-electron chi connectivity index (χ3n) is 6.94. The van der Waals surface area contributed by atoms with E-state index in [2.05, 4.69) is 38.1 Å². The molecule has 0 bridgehead atoms. The Morgan fingerprint density at radius 3 is 2.69 bits per heavy atom. The molecule has 0 atom stereocenters. The van der Waals surface area contributed by atoms with E-state index >= 15 is 0 Å². The van der Waals surface area contributed by atoms with Crippen LogP contribution in [0.3, 0.4) is 0 Å². The quantitative estimate of drug-likeness (QED) is 0.417. The van der Waals surface area contributed by atoms with Gasteiger partial charge in [-0.1, -0.05) is 22.7 Å². The number of hydrogen-bond acceptors (Lipinski definition) is 8. The van der Waals surface area contributed by atoms with Gasteiger partial charge < -0.3 is 14.8 Å². The molecule has 0 radical (unpaired) electrons. The number of nitrogens with one attached hydrogen (secondary N) is 2. The van der Waals surface area contributed by atoms with E-state index in [4.69, 9.17) is 15.0 Å². The highest BCUT2D eigenvalue weighted by molar-refractivity contribution is 7.29. The normalized spacial score (nSPS) is 18.7. The number of hydrogen-bond donors (Lipinski definition) is 2. The lowest BCUT2D eigenvalue weighted by Crippen LogP contribution is -2.60. The molecule has 7 heterocycles. The van der Waals surface area contributed by atoms with Crippen LogP contribution in [-0.4, -0.2) is 68.3 Å². The Kier molecular flexibility index (Phi) is 4.00. The number of aromatic amines is 2. The maximum absolute atomic E-state index is 4.94. The molecule has 2 fully saturated rings. The van der Waals surface area contributed by atoms with E-state index in [0.29, 0.717) is 5.41 Å². The first-order chi connectivity index (χ1) is 15.7. The molecule has 7 rings (SSSR count). The molecule has 1 spiro atoms. The Bertz CT molecular complexity index is 1380. The van der Waals surface area contributed by atoms with Crippen LogP contribution in [0.15, 0.2) is 30.9 Å². The summed E-state index contributed by atoms with van der Waals surface area (Å²) in [4.78, 5) is 24.9. The molecule has 5 aromatic rings. The minimum absolute atomic E-state index is 0.504. The zero-order valence-electron chi connectivity index (χ0n) is 17.6. The average molecular weight is 463 g/mol. The highest BCUT2D eigenvalue weighted by atomic mass is 32.1. The largest absolute Gasteiger partial charge is 0.359 e. The summed E-state index contributed by atoms with van der Waals surface area (Å²) < 4.78 is 0. The lowest BCUT2D eigenvalue weighted by molar-refractivity contribution is 0.0906. The van der Waals surface area contributed by atoms with Gasteiger partial charge in [-0.05, 0) is 39.0 Å². The molecule has 2 aliphatic rings. The summed E-state index contributed by atoms with van der Waals surface area (Å²) >= 11 is 3.33. The Labute approximate surface area is 192 Å². The van der Waals surface area contributed by atoms with Crippen LogP contribution in [0.2, 0.25) is 0 Å². The Hall–Kier alpha value is -2.82. The molecular weight excluding hydrogens is 440 g/mol. The third kappa shape index (κ3) is 2.83. The van der Waals surface area contributed by atoms with E-state index in [1.165, 1.54) is 25.9 Å². The van der Waals surface area contributed by atoms with Gasteiger partial charge >= 0.3 is 0 Å². The van der Waals surface area contributed by atoms with Gasteiger partial charge in [0, 0.05) is 53.6 Å². The van der Waals surface area contributed by atoms with Crippen LogP contribution >= 0.6 is 22.7 Å². The first-order valence-electron chi connectivity index (χ1n) is 10.8. The van der Waals surface area contributed by atoms with Crippen molar-refractivity contribution in [2.75, 3.05) is 38.1 Å². The summed E-state index contributed by atoms with van der Waals surface area (Å²) in [6.45, 7) is 4.69. The smallest absolute Gasteiger partial charge is 0.188 e. The number of pyridine rings is 1. The highest BCUT2D eigenvalue weighted by Gasteiger charge is 2.45. The first kappa shape index (κ1) is 18.7. The van der Waals surface area contributed by atoms with Crippen LogP contribution < -0.4 is 4.90 Å². The summed E-state index contributed by atoms with van der Waals surface area (Å²) in [5, 5.41) is 10.1. The molecular formula is C22H22N8S2. The summed E-state index contributed by atoms with van der Waals surface area (Å²) in [5.74, 6) is 0. The van der Waals surface area contributed by atoms with Crippen molar-refractivity contribution in [1.29, 1.82) is 0 Å². The van der Waals surface area contributed by atoms with Crippen LogP contribution in [-0.2, 0) is 0 Å². The van der Waals surface area contributed by atoms with Gasteiger partial charge in [0.25, 0.3) is 0 Å².